The van der Waals surface area contributed by atoms with Gasteiger partial charge in [-0.3, -0.25) is 13.9 Å². The molecular formula is C29H34BrN3O4S. The van der Waals surface area contributed by atoms with E-state index in [-0.39, 0.29) is 23.4 Å². The molecule has 2 amide bonds. The molecule has 0 fully saturated rings. The van der Waals surface area contributed by atoms with E-state index < -0.39 is 28.5 Å². The maximum atomic E-state index is 14.0. The summed E-state index contributed by atoms with van der Waals surface area (Å²) in [4.78, 5) is 28.7. The molecule has 1 atom stereocenters. The molecule has 7 nitrogen and oxygen atoms in total. The topological polar surface area (TPSA) is 86.8 Å². The van der Waals surface area contributed by atoms with E-state index in [1.54, 1.807) is 42.5 Å². The van der Waals surface area contributed by atoms with Crippen molar-refractivity contribution in [2.45, 2.75) is 57.6 Å². The van der Waals surface area contributed by atoms with Crippen molar-refractivity contribution < 1.29 is 18.0 Å². The van der Waals surface area contributed by atoms with Gasteiger partial charge in [-0.1, -0.05) is 76.9 Å². The van der Waals surface area contributed by atoms with Crippen LogP contribution >= 0.6 is 15.9 Å². The molecule has 9 heteroatoms. The quantitative estimate of drug-likeness (QED) is 0.324. The Morgan fingerprint density at radius 2 is 1.61 bits per heavy atom. The SMILES string of the molecule is CCC(C(=O)NC(C)C)N(Cc1ccc(C)cc1)C(=O)CN(c1cccc(Br)c1)S(=O)(=O)c1ccccc1. The number of amides is 2. The van der Waals surface area contributed by atoms with Crippen molar-refractivity contribution in [1.82, 2.24) is 10.2 Å². The first-order valence-electron chi connectivity index (χ1n) is 12.5. The normalized spacial score (nSPS) is 12.2. The zero-order chi connectivity index (χ0) is 27.9. The van der Waals surface area contributed by atoms with Crippen LogP contribution in [0.25, 0.3) is 0 Å². The zero-order valence-electron chi connectivity index (χ0n) is 22.1. The number of anilines is 1. The fourth-order valence-electron chi connectivity index (χ4n) is 4.07. The number of carbonyl (C=O) groups excluding carboxylic acids is 2. The van der Waals surface area contributed by atoms with Crippen LogP contribution in [-0.4, -0.2) is 43.8 Å². The van der Waals surface area contributed by atoms with Crippen molar-refractivity contribution in [3.05, 3.63) is 94.5 Å². The summed E-state index contributed by atoms with van der Waals surface area (Å²) < 4.78 is 29.3. The molecule has 0 aliphatic heterocycles. The van der Waals surface area contributed by atoms with Gasteiger partial charge < -0.3 is 10.2 Å². The maximum Gasteiger partial charge on any atom is 0.264 e. The number of hydrogen-bond donors (Lipinski definition) is 1. The summed E-state index contributed by atoms with van der Waals surface area (Å²) in [5.41, 5.74) is 2.26. The Kier molecular flexibility index (Phi) is 10.1. The highest BCUT2D eigenvalue weighted by Crippen LogP contribution is 2.27. The van der Waals surface area contributed by atoms with E-state index in [1.807, 2.05) is 52.0 Å². The van der Waals surface area contributed by atoms with Crippen molar-refractivity contribution in [1.29, 1.82) is 0 Å². The standard InChI is InChI=1S/C29H34BrN3O4S/c1-5-27(29(35)31-21(2)3)32(19-23-16-14-22(4)15-17-23)28(34)20-33(25-11-9-10-24(30)18-25)38(36,37)26-12-7-6-8-13-26/h6-18,21,27H,5,19-20H2,1-4H3,(H,31,35). The maximum absolute atomic E-state index is 14.0. The molecule has 0 saturated heterocycles. The van der Waals surface area contributed by atoms with Crippen LogP contribution < -0.4 is 9.62 Å². The van der Waals surface area contributed by atoms with E-state index >= 15 is 0 Å². The van der Waals surface area contributed by atoms with Gasteiger partial charge in [0.1, 0.15) is 12.6 Å². The van der Waals surface area contributed by atoms with Crippen molar-refractivity contribution in [2.75, 3.05) is 10.8 Å². The molecule has 38 heavy (non-hydrogen) atoms. The van der Waals surface area contributed by atoms with Gasteiger partial charge in [0.15, 0.2) is 0 Å². The Labute approximate surface area is 234 Å². The third-order valence-corrected chi connectivity index (χ3v) is 8.28. The lowest BCUT2D eigenvalue weighted by Crippen LogP contribution is -2.53. The van der Waals surface area contributed by atoms with E-state index in [2.05, 4.69) is 21.2 Å². The highest BCUT2D eigenvalue weighted by Gasteiger charge is 2.33. The second kappa shape index (κ2) is 13.1. The number of carbonyl (C=O) groups is 2. The summed E-state index contributed by atoms with van der Waals surface area (Å²) in [6.45, 7) is 7.23. The molecule has 0 bridgehead atoms. The molecule has 0 radical (unpaired) electrons. The van der Waals surface area contributed by atoms with Gasteiger partial charge in [0.25, 0.3) is 10.0 Å². The lowest BCUT2D eigenvalue weighted by Gasteiger charge is -2.33. The summed E-state index contributed by atoms with van der Waals surface area (Å²) in [5.74, 6) is -0.751. The molecule has 0 aromatic heterocycles. The molecule has 0 heterocycles. The third-order valence-electron chi connectivity index (χ3n) is 6.00. The summed E-state index contributed by atoms with van der Waals surface area (Å²) >= 11 is 3.41. The van der Waals surface area contributed by atoms with E-state index in [1.165, 1.54) is 17.0 Å². The van der Waals surface area contributed by atoms with Gasteiger partial charge >= 0.3 is 0 Å². The van der Waals surface area contributed by atoms with Crippen LogP contribution in [0, 0.1) is 6.92 Å². The summed E-state index contributed by atoms with van der Waals surface area (Å²) in [6, 6.07) is 21.6. The van der Waals surface area contributed by atoms with Crippen molar-refractivity contribution >= 4 is 43.5 Å². The first-order valence-corrected chi connectivity index (χ1v) is 14.7. The predicted molar refractivity (Wildman–Crippen MR) is 154 cm³/mol. The van der Waals surface area contributed by atoms with Crippen molar-refractivity contribution in [2.24, 2.45) is 0 Å². The van der Waals surface area contributed by atoms with Crippen LogP contribution in [0.4, 0.5) is 5.69 Å². The Balaban J connectivity index is 2.05. The van der Waals surface area contributed by atoms with Crippen LogP contribution in [-0.2, 0) is 26.2 Å². The smallest absolute Gasteiger partial charge is 0.264 e. The van der Waals surface area contributed by atoms with Gasteiger partial charge in [0.05, 0.1) is 10.6 Å². The molecule has 3 rings (SSSR count). The van der Waals surface area contributed by atoms with Gasteiger partial charge in [-0.25, -0.2) is 8.42 Å². The van der Waals surface area contributed by atoms with Crippen molar-refractivity contribution in [3.63, 3.8) is 0 Å². The minimum atomic E-state index is -4.09. The molecule has 3 aromatic carbocycles. The monoisotopic (exact) mass is 599 g/mol. The Bertz CT molecular complexity index is 1350. The number of aryl methyl sites for hydroxylation is 1. The van der Waals surface area contributed by atoms with E-state index in [0.29, 0.717) is 16.6 Å². The molecule has 0 saturated carbocycles. The number of rotatable bonds is 11. The molecule has 3 aromatic rings. The van der Waals surface area contributed by atoms with Crippen LogP contribution in [0.2, 0.25) is 0 Å². The molecule has 0 aliphatic rings. The Morgan fingerprint density at radius 1 is 0.947 bits per heavy atom. The molecule has 1 unspecified atom stereocenters. The first kappa shape index (κ1) is 29.4. The zero-order valence-corrected chi connectivity index (χ0v) is 24.5. The Morgan fingerprint density at radius 3 is 2.18 bits per heavy atom. The first-order chi connectivity index (χ1) is 18.0. The number of sulfonamides is 1. The minimum absolute atomic E-state index is 0.0717. The average Bonchev–Trinajstić information content (AvgIpc) is 2.88. The van der Waals surface area contributed by atoms with Gasteiger partial charge in [-0.2, -0.15) is 0 Å². The van der Waals surface area contributed by atoms with Crippen LogP contribution in [0.3, 0.4) is 0 Å². The number of halogens is 1. The van der Waals surface area contributed by atoms with Gasteiger partial charge in [0, 0.05) is 17.1 Å². The van der Waals surface area contributed by atoms with E-state index in [4.69, 9.17) is 0 Å². The summed E-state index contributed by atoms with van der Waals surface area (Å²) in [5, 5.41) is 2.90. The minimum Gasteiger partial charge on any atom is -0.352 e. The fraction of sp³-hybridized carbons (Fsp3) is 0.310. The predicted octanol–water partition coefficient (Wildman–Crippen LogP) is 5.28. The van der Waals surface area contributed by atoms with Gasteiger partial charge in [-0.05, 0) is 63.1 Å². The van der Waals surface area contributed by atoms with Crippen LogP contribution in [0.5, 0.6) is 0 Å². The van der Waals surface area contributed by atoms with Crippen LogP contribution in [0.1, 0.15) is 38.3 Å². The molecule has 0 spiro atoms. The number of nitrogens with zero attached hydrogens (tertiary/aromatic N) is 2. The number of benzene rings is 3. The van der Waals surface area contributed by atoms with E-state index in [0.717, 1.165) is 15.4 Å². The highest BCUT2D eigenvalue weighted by atomic mass is 79.9. The largest absolute Gasteiger partial charge is 0.352 e. The van der Waals surface area contributed by atoms with Crippen molar-refractivity contribution in [3.8, 4) is 0 Å². The number of hydrogen-bond acceptors (Lipinski definition) is 4. The van der Waals surface area contributed by atoms with Gasteiger partial charge in [-0.15, -0.1) is 0 Å². The summed E-state index contributed by atoms with van der Waals surface area (Å²) in [6.07, 6.45) is 0.373. The molecule has 0 aliphatic carbocycles. The lowest BCUT2D eigenvalue weighted by molar-refractivity contribution is -0.140. The average molecular weight is 601 g/mol. The molecule has 202 valence electrons. The third kappa shape index (κ3) is 7.45. The lowest BCUT2D eigenvalue weighted by atomic mass is 10.1. The van der Waals surface area contributed by atoms with Crippen LogP contribution in [0.15, 0.2) is 88.2 Å². The summed E-state index contributed by atoms with van der Waals surface area (Å²) in [7, 11) is -4.09. The second-order valence-corrected chi connectivity index (χ2v) is 12.2. The van der Waals surface area contributed by atoms with E-state index in [9.17, 15) is 18.0 Å². The highest BCUT2D eigenvalue weighted by molar-refractivity contribution is 9.10. The molecule has 1 N–H and O–H groups in total. The number of nitrogens with one attached hydrogen (secondary N) is 1. The fourth-order valence-corrected chi connectivity index (χ4v) is 5.88. The Hall–Kier alpha value is -3.17. The second-order valence-electron chi connectivity index (χ2n) is 9.40. The molecular weight excluding hydrogens is 566 g/mol. The van der Waals surface area contributed by atoms with Gasteiger partial charge in [0.2, 0.25) is 11.8 Å².